The van der Waals surface area contributed by atoms with Crippen molar-refractivity contribution in [2.75, 3.05) is 0 Å². The molecule has 0 fully saturated rings. The van der Waals surface area contributed by atoms with Gasteiger partial charge >= 0.3 is 11.9 Å². The minimum atomic E-state index is -0.936. The van der Waals surface area contributed by atoms with Crippen molar-refractivity contribution < 1.29 is 29.9 Å². The molecule has 0 saturated carbocycles. The van der Waals surface area contributed by atoms with Crippen LogP contribution in [0.25, 0.3) is 0 Å². The second-order valence-electron chi connectivity index (χ2n) is 2.33. The summed E-state index contributed by atoms with van der Waals surface area (Å²) in [5, 5.41) is 16.1. The van der Waals surface area contributed by atoms with Crippen LogP contribution in [0.15, 0.2) is 24.3 Å². The topological polar surface area (TPSA) is 93.1 Å². The number of rotatable bonds is 2. The zero-order valence-electron chi connectivity index (χ0n) is 6.84. The molecule has 0 unspecified atom stereocenters. The molecule has 0 spiro atoms. The Labute approximate surface area is 95.0 Å². The Balaban J connectivity index is 0.00000196. The monoisotopic (exact) mass is 228 g/mol. The first-order valence-electron chi connectivity index (χ1n) is 3.50. The van der Waals surface area contributed by atoms with Crippen molar-refractivity contribution >= 4 is 29.3 Å². The molecule has 80 valence electrons. The van der Waals surface area contributed by atoms with Crippen LogP contribution < -0.4 is 0 Å². The van der Waals surface area contributed by atoms with Crippen LogP contribution in [-0.2, 0) is 9.78 Å². The molecule has 6 nitrogen and oxygen atoms in total. The van der Waals surface area contributed by atoms with Gasteiger partial charge in [0.15, 0.2) is 17.4 Å². The van der Waals surface area contributed by atoms with Crippen LogP contribution in [-0.4, -0.2) is 39.8 Å². The third-order valence-electron chi connectivity index (χ3n) is 1.52. The van der Waals surface area contributed by atoms with E-state index in [9.17, 15) is 9.59 Å². The number of hydrogen-bond acceptors (Lipinski definition) is 6. The molecule has 0 aliphatic heterocycles. The van der Waals surface area contributed by atoms with Gasteiger partial charge in [-0.2, -0.15) is 10.5 Å². The van der Waals surface area contributed by atoms with Crippen molar-refractivity contribution in [1.82, 2.24) is 0 Å². The van der Waals surface area contributed by atoms with Crippen LogP contribution >= 0.6 is 0 Å². The van der Waals surface area contributed by atoms with Crippen LogP contribution in [0.2, 0.25) is 0 Å². The van der Waals surface area contributed by atoms with Gasteiger partial charge in [-0.15, -0.1) is 0 Å². The van der Waals surface area contributed by atoms with E-state index in [1.165, 1.54) is 24.3 Å². The van der Waals surface area contributed by atoms with Gasteiger partial charge in [0.1, 0.15) is 0 Å². The molecule has 15 heavy (non-hydrogen) atoms. The Bertz CT molecular complexity index is 312. The third kappa shape index (κ3) is 3.34. The SMILES string of the molecule is O=C(OO)c1ccc(C(=O)OO)cc1.[AlH3]. The molecular formula is C8H9AlO6. The Hall–Kier alpha value is -1.39. The molecule has 2 N–H and O–H groups in total. The zero-order valence-corrected chi connectivity index (χ0v) is 6.84. The zero-order chi connectivity index (χ0) is 10.6. The Morgan fingerprint density at radius 3 is 1.33 bits per heavy atom. The van der Waals surface area contributed by atoms with Gasteiger partial charge in [-0.3, -0.25) is 9.78 Å². The average molecular weight is 228 g/mol. The molecule has 0 radical (unpaired) electrons. The van der Waals surface area contributed by atoms with Gasteiger partial charge < -0.3 is 0 Å². The summed E-state index contributed by atoms with van der Waals surface area (Å²) in [6.45, 7) is 0. The van der Waals surface area contributed by atoms with E-state index in [2.05, 4.69) is 9.78 Å². The van der Waals surface area contributed by atoms with Crippen molar-refractivity contribution in [1.29, 1.82) is 0 Å². The van der Waals surface area contributed by atoms with Crippen LogP contribution in [0.5, 0.6) is 0 Å². The van der Waals surface area contributed by atoms with Gasteiger partial charge in [-0.25, -0.2) is 9.59 Å². The molecular weight excluding hydrogens is 219 g/mol. The summed E-state index contributed by atoms with van der Waals surface area (Å²) in [6, 6.07) is 4.96. The lowest BCUT2D eigenvalue weighted by atomic mass is 10.1. The number of hydrogen-bond donors (Lipinski definition) is 2. The first-order chi connectivity index (χ1) is 6.69. The summed E-state index contributed by atoms with van der Waals surface area (Å²) in [6.07, 6.45) is 0. The Morgan fingerprint density at radius 2 is 1.13 bits per heavy atom. The second-order valence-corrected chi connectivity index (χ2v) is 2.33. The molecule has 0 atom stereocenters. The Kier molecular flexibility index (Phi) is 5.59. The quantitative estimate of drug-likeness (QED) is 0.412. The van der Waals surface area contributed by atoms with Crippen molar-refractivity contribution in [2.45, 2.75) is 0 Å². The summed E-state index contributed by atoms with van der Waals surface area (Å²) in [5.41, 5.74) is 0.143. The largest absolute Gasteiger partial charge is 0.372 e. The highest BCUT2D eigenvalue weighted by Gasteiger charge is 2.10. The lowest BCUT2D eigenvalue weighted by molar-refractivity contribution is -0.183. The van der Waals surface area contributed by atoms with Gasteiger partial charge in [0.2, 0.25) is 0 Å². The molecule has 1 aromatic carbocycles. The highest BCUT2D eigenvalue weighted by atomic mass is 27.0. The van der Waals surface area contributed by atoms with Crippen LogP contribution in [0.3, 0.4) is 0 Å². The van der Waals surface area contributed by atoms with Crippen LogP contribution in [0.4, 0.5) is 0 Å². The summed E-state index contributed by atoms with van der Waals surface area (Å²) in [4.78, 5) is 28.4. The van der Waals surface area contributed by atoms with E-state index in [1.807, 2.05) is 0 Å². The maximum atomic E-state index is 10.7. The van der Waals surface area contributed by atoms with E-state index in [0.717, 1.165) is 0 Å². The smallest absolute Gasteiger partial charge is 0.296 e. The Morgan fingerprint density at radius 1 is 0.867 bits per heavy atom. The maximum Gasteiger partial charge on any atom is 0.372 e. The molecule has 7 heteroatoms. The van der Waals surface area contributed by atoms with E-state index >= 15 is 0 Å². The van der Waals surface area contributed by atoms with E-state index in [-0.39, 0.29) is 28.5 Å². The molecule has 1 rings (SSSR count). The first kappa shape index (κ1) is 13.6. The van der Waals surface area contributed by atoms with E-state index in [1.54, 1.807) is 0 Å². The molecule has 0 saturated heterocycles. The first-order valence-corrected chi connectivity index (χ1v) is 3.50. The van der Waals surface area contributed by atoms with Gasteiger partial charge in [-0.05, 0) is 24.3 Å². The standard InChI is InChI=1S/C8H6O6.Al.3H/c9-7(13-11)5-1-2-6(4-3-5)8(10)14-12;;;;/h1-4,11-12H;;;;. The predicted molar refractivity (Wildman–Crippen MR) is 52.5 cm³/mol. The molecule has 0 bridgehead atoms. The number of carbonyl (C=O) groups excluding carboxylic acids is 2. The second kappa shape index (κ2) is 6.16. The summed E-state index contributed by atoms with van der Waals surface area (Å²) < 4.78 is 0. The van der Waals surface area contributed by atoms with Gasteiger partial charge in [-0.1, -0.05) is 0 Å². The highest BCUT2D eigenvalue weighted by Crippen LogP contribution is 2.06. The van der Waals surface area contributed by atoms with Crippen LogP contribution in [0.1, 0.15) is 20.7 Å². The molecule has 0 aromatic heterocycles. The van der Waals surface area contributed by atoms with Crippen molar-refractivity contribution in [2.24, 2.45) is 0 Å². The highest BCUT2D eigenvalue weighted by molar-refractivity contribution is 5.92. The van der Waals surface area contributed by atoms with E-state index in [0.29, 0.717) is 0 Å². The average Bonchev–Trinajstić information content (AvgIpc) is 2.27. The van der Waals surface area contributed by atoms with E-state index in [4.69, 9.17) is 10.5 Å². The lowest BCUT2D eigenvalue weighted by Gasteiger charge is -1.98. The van der Waals surface area contributed by atoms with Crippen LogP contribution in [0, 0.1) is 0 Å². The minimum Gasteiger partial charge on any atom is -0.296 e. The van der Waals surface area contributed by atoms with E-state index < -0.39 is 11.9 Å². The van der Waals surface area contributed by atoms with Crippen molar-refractivity contribution in [3.05, 3.63) is 35.4 Å². The molecule has 0 amide bonds. The number of carbonyl (C=O) groups is 2. The predicted octanol–water partition coefficient (Wildman–Crippen LogP) is -0.238. The molecule has 0 aliphatic carbocycles. The third-order valence-corrected chi connectivity index (χ3v) is 1.52. The van der Waals surface area contributed by atoms with Gasteiger partial charge in [0.05, 0.1) is 11.1 Å². The summed E-state index contributed by atoms with van der Waals surface area (Å²) in [5.74, 6) is -1.87. The summed E-state index contributed by atoms with van der Waals surface area (Å²) >= 11 is 0. The minimum absolute atomic E-state index is 0. The van der Waals surface area contributed by atoms with Gasteiger partial charge in [0.25, 0.3) is 0 Å². The summed E-state index contributed by atoms with van der Waals surface area (Å²) in [7, 11) is 0. The molecule has 0 aliphatic rings. The maximum absolute atomic E-state index is 10.7. The fourth-order valence-electron chi connectivity index (χ4n) is 0.848. The fraction of sp³-hybridized carbons (Fsp3) is 0. The molecule has 0 heterocycles. The van der Waals surface area contributed by atoms with Crippen molar-refractivity contribution in [3.63, 3.8) is 0 Å². The normalized spacial score (nSPS) is 8.67. The lowest BCUT2D eigenvalue weighted by Crippen LogP contribution is -2.04. The molecule has 1 aromatic rings. The van der Waals surface area contributed by atoms with Gasteiger partial charge in [0, 0.05) is 0 Å². The number of benzene rings is 1. The van der Waals surface area contributed by atoms with Crippen molar-refractivity contribution in [3.8, 4) is 0 Å². The fourth-order valence-corrected chi connectivity index (χ4v) is 0.848.